The summed E-state index contributed by atoms with van der Waals surface area (Å²) in [5, 5.41) is 3.11. The van der Waals surface area contributed by atoms with E-state index < -0.39 is 0 Å². The lowest BCUT2D eigenvalue weighted by Gasteiger charge is -1.87. The number of nitrogens with zero attached hydrogens (tertiary/aromatic N) is 1. The Hall–Kier alpha value is -0.540. The smallest absolute Gasteiger partial charge is 0.292 e. The van der Waals surface area contributed by atoms with Crippen LogP contribution in [0.5, 0.6) is 0 Å². The second-order valence-corrected chi connectivity index (χ2v) is 1.95. The number of halogens is 1. The highest BCUT2D eigenvalue weighted by Crippen LogP contribution is 2.06. The van der Waals surface area contributed by atoms with Gasteiger partial charge in [-0.05, 0) is 18.6 Å². The molecule has 0 saturated carbocycles. The fourth-order valence-corrected chi connectivity index (χ4v) is 0.698. The molecule has 3 nitrogen and oxygen atoms in total. The van der Waals surface area contributed by atoms with Gasteiger partial charge in [0.05, 0.1) is 5.69 Å². The first-order valence-electron chi connectivity index (χ1n) is 2.57. The van der Waals surface area contributed by atoms with Crippen LogP contribution in [0.25, 0.3) is 0 Å². The van der Waals surface area contributed by atoms with Crippen molar-refractivity contribution < 1.29 is 4.42 Å². The SMILES string of the molecule is CNCc1coc(Cl)n1. The number of rotatable bonds is 2. The molecular weight excluding hydrogens is 140 g/mol. The minimum absolute atomic E-state index is 0.195. The summed E-state index contributed by atoms with van der Waals surface area (Å²) >= 11 is 5.39. The van der Waals surface area contributed by atoms with Gasteiger partial charge in [0.25, 0.3) is 5.35 Å². The molecule has 1 N–H and O–H groups in total. The van der Waals surface area contributed by atoms with E-state index >= 15 is 0 Å². The summed E-state index contributed by atoms with van der Waals surface area (Å²) in [5.74, 6) is 0. The Morgan fingerprint density at radius 3 is 3.11 bits per heavy atom. The van der Waals surface area contributed by atoms with Gasteiger partial charge in [0.15, 0.2) is 0 Å². The van der Waals surface area contributed by atoms with E-state index in [1.165, 1.54) is 6.26 Å². The Morgan fingerprint density at radius 2 is 2.67 bits per heavy atom. The maximum atomic E-state index is 5.39. The molecule has 4 heteroatoms. The molecule has 9 heavy (non-hydrogen) atoms. The van der Waals surface area contributed by atoms with E-state index in [-0.39, 0.29) is 5.35 Å². The molecule has 0 fully saturated rings. The van der Waals surface area contributed by atoms with Crippen LogP contribution in [0.2, 0.25) is 5.35 Å². The van der Waals surface area contributed by atoms with Crippen LogP contribution in [0.4, 0.5) is 0 Å². The molecule has 1 rings (SSSR count). The maximum Gasteiger partial charge on any atom is 0.292 e. The van der Waals surface area contributed by atoms with Crippen LogP contribution in [-0.4, -0.2) is 12.0 Å². The standard InChI is InChI=1S/C5H7ClN2O/c1-7-2-4-3-9-5(6)8-4/h3,7H,2H2,1H3. The highest BCUT2D eigenvalue weighted by Gasteiger charge is 1.96. The largest absolute Gasteiger partial charge is 0.436 e. The van der Waals surface area contributed by atoms with Crippen molar-refractivity contribution in [3.05, 3.63) is 17.3 Å². The van der Waals surface area contributed by atoms with Gasteiger partial charge in [-0.15, -0.1) is 0 Å². The van der Waals surface area contributed by atoms with Crippen LogP contribution in [0, 0.1) is 0 Å². The lowest BCUT2D eigenvalue weighted by molar-refractivity contribution is 0.558. The Bertz CT molecular complexity index is 187. The number of aromatic nitrogens is 1. The van der Waals surface area contributed by atoms with Gasteiger partial charge in [0, 0.05) is 6.54 Å². The van der Waals surface area contributed by atoms with E-state index in [4.69, 9.17) is 16.0 Å². The van der Waals surface area contributed by atoms with E-state index in [0.29, 0.717) is 6.54 Å². The fraction of sp³-hybridized carbons (Fsp3) is 0.400. The van der Waals surface area contributed by atoms with Gasteiger partial charge in [-0.2, -0.15) is 0 Å². The van der Waals surface area contributed by atoms with E-state index in [2.05, 4.69) is 10.3 Å². The molecule has 1 aromatic rings. The molecule has 0 aliphatic rings. The highest BCUT2D eigenvalue weighted by molar-refractivity contribution is 6.27. The van der Waals surface area contributed by atoms with Gasteiger partial charge in [0.2, 0.25) is 0 Å². The first kappa shape index (κ1) is 6.58. The predicted molar refractivity (Wildman–Crippen MR) is 34.3 cm³/mol. The summed E-state index contributed by atoms with van der Waals surface area (Å²) in [6, 6.07) is 0. The molecule has 0 bridgehead atoms. The maximum absolute atomic E-state index is 5.39. The summed E-state index contributed by atoms with van der Waals surface area (Å²) in [5.41, 5.74) is 0.822. The van der Waals surface area contributed by atoms with Crippen LogP contribution in [0.15, 0.2) is 10.7 Å². The second kappa shape index (κ2) is 2.85. The van der Waals surface area contributed by atoms with Gasteiger partial charge in [-0.25, -0.2) is 4.98 Å². The third-order valence-electron chi connectivity index (χ3n) is 0.882. The summed E-state index contributed by atoms with van der Waals surface area (Å²) in [7, 11) is 1.84. The first-order chi connectivity index (χ1) is 4.33. The lowest BCUT2D eigenvalue weighted by atomic mass is 10.5. The monoisotopic (exact) mass is 146 g/mol. The molecule has 50 valence electrons. The van der Waals surface area contributed by atoms with Crippen LogP contribution in [-0.2, 0) is 6.54 Å². The zero-order chi connectivity index (χ0) is 6.69. The molecule has 0 atom stereocenters. The second-order valence-electron chi connectivity index (χ2n) is 1.62. The van der Waals surface area contributed by atoms with Crippen molar-refractivity contribution in [2.75, 3.05) is 7.05 Å². The van der Waals surface area contributed by atoms with Gasteiger partial charge < -0.3 is 9.73 Å². The fourth-order valence-electron chi connectivity index (χ4n) is 0.545. The van der Waals surface area contributed by atoms with Gasteiger partial charge in [0.1, 0.15) is 6.26 Å². The van der Waals surface area contributed by atoms with Crippen molar-refractivity contribution in [1.82, 2.24) is 10.3 Å². The molecule has 0 spiro atoms. The van der Waals surface area contributed by atoms with Crippen molar-refractivity contribution >= 4 is 11.6 Å². The molecular formula is C5H7ClN2O. The van der Waals surface area contributed by atoms with E-state index in [1.807, 2.05) is 7.05 Å². The summed E-state index contributed by atoms with van der Waals surface area (Å²) in [6.07, 6.45) is 1.53. The van der Waals surface area contributed by atoms with E-state index in [0.717, 1.165) is 5.69 Å². The molecule has 0 radical (unpaired) electrons. The summed E-state index contributed by atoms with van der Waals surface area (Å²) < 4.78 is 4.73. The zero-order valence-electron chi connectivity index (χ0n) is 5.02. The Labute approximate surface area is 58.0 Å². The van der Waals surface area contributed by atoms with Gasteiger partial charge in [-0.3, -0.25) is 0 Å². The molecule has 0 saturated heterocycles. The molecule has 1 heterocycles. The normalized spacial score (nSPS) is 10.0. The van der Waals surface area contributed by atoms with Crippen molar-refractivity contribution in [2.45, 2.75) is 6.54 Å². The van der Waals surface area contributed by atoms with Crippen molar-refractivity contribution in [3.8, 4) is 0 Å². The Morgan fingerprint density at radius 1 is 1.89 bits per heavy atom. The third kappa shape index (κ3) is 1.69. The molecule has 0 aliphatic carbocycles. The quantitative estimate of drug-likeness (QED) is 0.678. The number of hydrogen-bond donors (Lipinski definition) is 1. The zero-order valence-corrected chi connectivity index (χ0v) is 5.77. The molecule has 0 aromatic carbocycles. The average molecular weight is 147 g/mol. The molecule has 0 unspecified atom stereocenters. The lowest BCUT2D eigenvalue weighted by Crippen LogP contribution is -2.04. The van der Waals surface area contributed by atoms with E-state index in [9.17, 15) is 0 Å². The molecule has 1 aromatic heterocycles. The minimum Gasteiger partial charge on any atom is -0.436 e. The van der Waals surface area contributed by atoms with Gasteiger partial charge >= 0.3 is 0 Å². The highest BCUT2D eigenvalue weighted by atomic mass is 35.5. The topological polar surface area (TPSA) is 38.1 Å². The van der Waals surface area contributed by atoms with Crippen molar-refractivity contribution in [1.29, 1.82) is 0 Å². The first-order valence-corrected chi connectivity index (χ1v) is 2.95. The summed E-state index contributed by atoms with van der Waals surface area (Å²) in [4.78, 5) is 3.84. The van der Waals surface area contributed by atoms with Crippen LogP contribution >= 0.6 is 11.6 Å². The van der Waals surface area contributed by atoms with Gasteiger partial charge in [-0.1, -0.05) is 0 Å². The predicted octanol–water partition coefficient (Wildman–Crippen LogP) is 1.05. The number of oxazole rings is 1. The third-order valence-corrected chi connectivity index (χ3v) is 1.06. The van der Waals surface area contributed by atoms with Crippen LogP contribution in [0.1, 0.15) is 5.69 Å². The average Bonchev–Trinajstić information content (AvgIpc) is 2.17. The van der Waals surface area contributed by atoms with Crippen molar-refractivity contribution in [2.24, 2.45) is 0 Å². The van der Waals surface area contributed by atoms with Crippen molar-refractivity contribution in [3.63, 3.8) is 0 Å². The van der Waals surface area contributed by atoms with Crippen LogP contribution < -0.4 is 5.32 Å². The molecule has 0 aliphatic heterocycles. The Balaban J connectivity index is 2.61. The summed E-state index contributed by atoms with van der Waals surface area (Å²) in [6.45, 7) is 0.691. The van der Waals surface area contributed by atoms with Crippen LogP contribution in [0.3, 0.4) is 0 Å². The van der Waals surface area contributed by atoms with E-state index in [1.54, 1.807) is 0 Å². The number of hydrogen-bond acceptors (Lipinski definition) is 3. The minimum atomic E-state index is 0.195. The Kier molecular flexibility index (Phi) is 2.08. The molecule has 0 amide bonds. The number of nitrogens with one attached hydrogen (secondary N) is 1.